The van der Waals surface area contributed by atoms with Crippen LogP contribution in [0.3, 0.4) is 0 Å². The molecule has 1 aliphatic heterocycles. The van der Waals surface area contributed by atoms with Gasteiger partial charge in [0.25, 0.3) is 11.8 Å². The molecule has 3 aromatic carbocycles. The van der Waals surface area contributed by atoms with Crippen molar-refractivity contribution in [2.24, 2.45) is 0 Å². The highest BCUT2D eigenvalue weighted by Crippen LogP contribution is 2.35. The maximum absolute atomic E-state index is 13.5. The smallest absolute Gasteiger partial charge is 0.278 e. The number of carbonyl (C=O) groups is 2. The maximum Gasteiger partial charge on any atom is 0.278 e. The number of benzene rings is 3. The third kappa shape index (κ3) is 4.37. The summed E-state index contributed by atoms with van der Waals surface area (Å²) in [4.78, 5) is 28.2. The Hall–Kier alpha value is -4.13. The second-order valence-electron chi connectivity index (χ2n) is 8.09. The average molecular weight is 461 g/mol. The molecule has 1 N–H and O–H groups in total. The van der Waals surface area contributed by atoms with E-state index in [1.807, 2.05) is 32.0 Å². The van der Waals surface area contributed by atoms with Gasteiger partial charge in [-0.05, 0) is 54.8 Å². The first-order chi connectivity index (χ1) is 16.3. The lowest BCUT2D eigenvalue weighted by Crippen LogP contribution is -2.32. The van der Waals surface area contributed by atoms with Gasteiger partial charge in [0.2, 0.25) is 0 Å². The van der Waals surface area contributed by atoms with Gasteiger partial charge in [-0.25, -0.2) is 4.39 Å². The first kappa shape index (κ1) is 23.0. The SMILES string of the molecule is COc1ccc(NC2=C(c3ccc(C)cc3C)C(=O)N(Cc3ccc(F)cc3)C2=O)cc1OC. The molecule has 0 spiro atoms. The van der Waals surface area contributed by atoms with E-state index in [4.69, 9.17) is 9.47 Å². The van der Waals surface area contributed by atoms with Crippen LogP contribution in [-0.2, 0) is 16.1 Å². The summed E-state index contributed by atoms with van der Waals surface area (Å²) in [6.45, 7) is 3.91. The predicted molar refractivity (Wildman–Crippen MR) is 128 cm³/mol. The van der Waals surface area contributed by atoms with E-state index < -0.39 is 11.8 Å². The molecule has 0 bridgehead atoms. The molecule has 1 aliphatic rings. The topological polar surface area (TPSA) is 67.9 Å². The van der Waals surface area contributed by atoms with E-state index in [0.29, 0.717) is 33.9 Å². The Balaban J connectivity index is 1.77. The number of imide groups is 1. The highest BCUT2D eigenvalue weighted by Gasteiger charge is 2.39. The molecule has 0 unspecified atom stereocenters. The van der Waals surface area contributed by atoms with Crippen LogP contribution in [0.2, 0.25) is 0 Å². The van der Waals surface area contributed by atoms with Crippen molar-refractivity contribution in [1.29, 1.82) is 0 Å². The van der Waals surface area contributed by atoms with E-state index in [0.717, 1.165) is 11.1 Å². The number of anilines is 1. The van der Waals surface area contributed by atoms with Gasteiger partial charge in [-0.1, -0.05) is 35.9 Å². The number of methoxy groups -OCH3 is 2. The van der Waals surface area contributed by atoms with Gasteiger partial charge in [0, 0.05) is 11.8 Å². The second kappa shape index (κ2) is 9.39. The first-order valence-electron chi connectivity index (χ1n) is 10.7. The number of hydrogen-bond acceptors (Lipinski definition) is 5. The van der Waals surface area contributed by atoms with Gasteiger partial charge in [-0.15, -0.1) is 0 Å². The van der Waals surface area contributed by atoms with Crippen molar-refractivity contribution >= 4 is 23.1 Å². The van der Waals surface area contributed by atoms with Gasteiger partial charge >= 0.3 is 0 Å². The van der Waals surface area contributed by atoms with Crippen molar-refractivity contribution in [2.75, 3.05) is 19.5 Å². The van der Waals surface area contributed by atoms with Crippen molar-refractivity contribution in [3.63, 3.8) is 0 Å². The normalized spacial score (nSPS) is 13.5. The predicted octanol–water partition coefficient (Wildman–Crippen LogP) is 4.85. The van der Waals surface area contributed by atoms with Gasteiger partial charge in [-0.2, -0.15) is 0 Å². The van der Waals surface area contributed by atoms with Crippen LogP contribution in [0, 0.1) is 19.7 Å². The van der Waals surface area contributed by atoms with E-state index in [-0.39, 0.29) is 18.1 Å². The van der Waals surface area contributed by atoms with Crippen molar-refractivity contribution in [1.82, 2.24) is 4.90 Å². The largest absolute Gasteiger partial charge is 0.493 e. The Bertz CT molecular complexity index is 1300. The molecule has 6 nitrogen and oxygen atoms in total. The number of nitrogens with one attached hydrogen (secondary N) is 1. The summed E-state index contributed by atoms with van der Waals surface area (Å²) >= 11 is 0. The van der Waals surface area contributed by atoms with Gasteiger partial charge < -0.3 is 14.8 Å². The lowest BCUT2D eigenvalue weighted by Gasteiger charge is -2.16. The molecule has 1 heterocycles. The zero-order valence-electron chi connectivity index (χ0n) is 19.4. The average Bonchev–Trinajstić information content (AvgIpc) is 3.04. The maximum atomic E-state index is 13.5. The fourth-order valence-corrected chi connectivity index (χ4v) is 4.01. The van der Waals surface area contributed by atoms with E-state index in [1.54, 1.807) is 30.3 Å². The van der Waals surface area contributed by atoms with Crippen molar-refractivity contribution in [3.8, 4) is 11.5 Å². The molecule has 34 heavy (non-hydrogen) atoms. The molecule has 0 fully saturated rings. The quantitative estimate of drug-likeness (QED) is 0.511. The van der Waals surface area contributed by atoms with Crippen LogP contribution in [0.4, 0.5) is 10.1 Å². The second-order valence-corrected chi connectivity index (χ2v) is 8.09. The zero-order chi connectivity index (χ0) is 24.4. The summed E-state index contributed by atoms with van der Waals surface area (Å²) in [5.74, 6) is -0.222. The van der Waals surface area contributed by atoms with Crippen LogP contribution < -0.4 is 14.8 Å². The molecule has 0 aromatic heterocycles. The molecule has 0 aliphatic carbocycles. The van der Waals surface area contributed by atoms with Gasteiger partial charge in [0.15, 0.2) is 11.5 Å². The Morgan fingerprint density at radius 2 is 1.56 bits per heavy atom. The van der Waals surface area contributed by atoms with Crippen molar-refractivity contribution in [2.45, 2.75) is 20.4 Å². The standard InChI is InChI=1S/C27H25FN2O4/c1-16-5-11-21(17(2)13-16)24-25(29-20-10-12-22(33-3)23(14-20)34-4)27(32)30(26(24)31)15-18-6-8-19(28)9-7-18/h5-14,29H,15H2,1-4H3. The van der Waals surface area contributed by atoms with Crippen LogP contribution in [-0.4, -0.2) is 30.9 Å². The Morgan fingerprint density at radius 3 is 2.21 bits per heavy atom. The monoisotopic (exact) mass is 460 g/mol. The van der Waals surface area contributed by atoms with Gasteiger partial charge in [-0.3, -0.25) is 14.5 Å². The van der Waals surface area contributed by atoms with E-state index >= 15 is 0 Å². The van der Waals surface area contributed by atoms with E-state index in [2.05, 4.69) is 5.32 Å². The molecule has 3 aromatic rings. The summed E-state index contributed by atoms with van der Waals surface area (Å²) in [5.41, 5.74) is 4.29. The molecular formula is C27H25FN2O4. The minimum absolute atomic E-state index is 0.0312. The Morgan fingerprint density at radius 1 is 0.853 bits per heavy atom. The van der Waals surface area contributed by atoms with E-state index in [9.17, 15) is 14.0 Å². The van der Waals surface area contributed by atoms with Crippen molar-refractivity contribution in [3.05, 3.63) is 94.4 Å². The fraction of sp³-hybridized carbons (Fsp3) is 0.185. The number of halogens is 1. The molecule has 0 saturated carbocycles. The molecular weight excluding hydrogens is 435 g/mol. The van der Waals surface area contributed by atoms with Gasteiger partial charge in [0.1, 0.15) is 11.5 Å². The van der Waals surface area contributed by atoms with Gasteiger partial charge in [0.05, 0.1) is 26.3 Å². The minimum Gasteiger partial charge on any atom is -0.493 e. The fourth-order valence-electron chi connectivity index (χ4n) is 4.01. The van der Waals surface area contributed by atoms with Crippen LogP contribution in [0.25, 0.3) is 5.57 Å². The summed E-state index contributed by atoms with van der Waals surface area (Å²) in [6, 6.07) is 16.6. The number of amides is 2. The summed E-state index contributed by atoms with van der Waals surface area (Å²) < 4.78 is 24.0. The lowest BCUT2D eigenvalue weighted by atomic mass is 9.97. The van der Waals surface area contributed by atoms with Crippen LogP contribution in [0.5, 0.6) is 11.5 Å². The number of aryl methyl sites for hydroxylation is 2. The van der Waals surface area contributed by atoms with Crippen LogP contribution >= 0.6 is 0 Å². The third-order valence-corrected chi connectivity index (χ3v) is 5.73. The Labute approximate surface area is 197 Å². The minimum atomic E-state index is -0.459. The highest BCUT2D eigenvalue weighted by atomic mass is 19.1. The molecule has 0 saturated heterocycles. The van der Waals surface area contributed by atoms with Crippen LogP contribution in [0.15, 0.2) is 66.4 Å². The summed E-state index contributed by atoms with van der Waals surface area (Å²) in [5, 5.41) is 3.13. The first-order valence-corrected chi connectivity index (χ1v) is 10.7. The number of hydrogen-bond donors (Lipinski definition) is 1. The van der Waals surface area contributed by atoms with Crippen molar-refractivity contribution < 1.29 is 23.5 Å². The number of nitrogens with zero attached hydrogens (tertiary/aromatic N) is 1. The number of ether oxygens (including phenoxy) is 2. The van der Waals surface area contributed by atoms with Crippen LogP contribution in [0.1, 0.15) is 22.3 Å². The lowest BCUT2D eigenvalue weighted by molar-refractivity contribution is -0.137. The summed E-state index contributed by atoms with van der Waals surface area (Å²) in [6.07, 6.45) is 0. The molecule has 0 atom stereocenters. The molecule has 174 valence electrons. The zero-order valence-corrected chi connectivity index (χ0v) is 19.4. The number of rotatable bonds is 7. The third-order valence-electron chi connectivity index (χ3n) is 5.73. The number of carbonyl (C=O) groups excluding carboxylic acids is 2. The Kier molecular flexibility index (Phi) is 6.36. The molecule has 0 radical (unpaired) electrons. The molecule has 2 amide bonds. The highest BCUT2D eigenvalue weighted by molar-refractivity contribution is 6.36. The van der Waals surface area contributed by atoms with E-state index in [1.165, 1.54) is 31.3 Å². The summed E-state index contributed by atoms with van der Waals surface area (Å²) in [7, 11) is 3.06. The molecule has 7 heteroatoms. The molecule has 4 rings (SSSR count).